The molecule has 1 heterocycles. The molecule has 0 saturated heterocycles. The van der Waals surface area contributed by atoms with Gasteiger partial charge in [-0.3, -0.25) is 4.79 Å². The molecule has 0 aliphatic rings. The molecular formula is C15H17ClN2O. The van der Waals surface area contributed by atoms with Crippen LogP contribution in [0.15, 0.2) is 47.4 Å². The second-order valence-corrected chi connectivity index (χ2v) is 4.87. The van der Waals surface area contributed by atoms with E-state index >= 15 is 0 Å². The SMILES string of the molecule is CCCn1cc(NCc2cccc(Cl)c2)ccc1=O. The van der Waals surface area contributed by atoms with E-state index in [4.69, 9.17) is 11.6 Å². The van der Waals surface area contributed by atoms with Gasteiger partial charge in [0.2, 0.25) is 0 Å². The van der Waals surface area contributed by atoms with Crippen LogP contribution in [0.3, 0.4) is 0 Å². The highest BCUT2D eigenvalue weighted by atomic mass is 35.5. The number of hydrogen-bond donors (Lipinski definition) is 1. The first-order valence-electron chi connectivity index (χ1n) is 6.38. The molecule has 0 aliphatic heterocycles. The molecular weight excluding hydrogens is 260 g/mol. The number of anilines is 1. The van der Waals surface area contributed by atoms with Crippen molar-refractivity contribution in [1.29, 1.82) is 0 Å². The van der Waals surface area contributed by atoms with Crippen molar-refractivity contribution in [3.8, 4) is 0 Å². The van der Waals surface area contributed by atoms with Gasteiger partial charge in [0.05, 0.1) is 5.69 Å². The molecule has 0 amide bonds. The van der Waals surface area contributed by atoms with Crippen LogP contribution < -0.4 is 10.9 Å². The Balaban J connectivity index is 2.07. The Hall–Kier alpha value is -1.74. The standard InChI is InChI=1S/C15H17ClN2O/c1-2-8-18-11-14(6-7-15(18)19)17-10-12-4-3-5-13(16)9-12/h3-7,9,11,17H,2,8,10H2,1H3. The third kappa shape index (κ3) is 3.86. The largest absolute Gasteiger partial charge is 0.380 e. The predicted molar refractivity (Wildman–Crippen MR) is 79.8 cm³/mol. The van der Waals surface area contributed by atoms with Crippen LogP contribution in [0.4, 0.5) is 5.69 Å². The van der Waals surface area contributed by atoms with E-state index in [1.165, 1.54) is 0 Å². The molecule has 100 valence electrons. The molecule has 1 N–H and O–H groups in total. The second-order valence-electron chi connectivity index (χ2n) is 4.43. The molecule has 0 atom stereocenters. The van der Waals surface area contributed by atoms with Gasteiger partial charge in [0.15, 0.2) is 0 Å². The summed E-state index contributed by atoms with van der Waals surface area (Å²) in [7, 11) is 0. The number of pyridine rings is 1. The molecule has 2 aromatic rings. The lowest BCUT2D eigenvalue weighted by molar-refractivity contribution is 0.655. The van der Waals surface area contributed by atoms with E-state index in [0.717, 1.165) is 29.2 Å². The second kappa shape index (κ2) is 6.43. The van der Waals surface area contributed by atoms with E-state index < -0.39 is 0 Å². The molecule has 4 heteroatoms. The van der Waals surface area contributed by atoms with Gasteiger partial charge < -0.3 is 9.88 Å². The number of aromatic nitrogens is 1. The van der Waals surface area contributed by atoms with Crippen LogP contribution >= 0.6 is 11.6 Å². The Kier molecular flexibility index (Phi) is 4.63. The average Bonchev–Trinajstić information content (AvgIpc) is 2.40. The monoisotopic (exact) mass is 276 g/mol. The third-order valence-electron chi connectivity index (χ3n) is 2.83. The Labute approximate surface area is 117 Å². The minimum Gasteiger partial charge on any atom is -0.380 e. The lowest BCUT2D eigenvalue weighted by Gasteiger charge is -2.09. The van der Waals surface area contributed by atoms with E-state index in [1.807, 2.05) is 30.5 Å². The van der Waals surface area contributed by atoms with Crippen LogP contribution in [0.25, 0.3) is 0 Å². The van der Waals surface area contributed by atoms with Crippen molar-refractivity contribution in [2.75, 3.05) is 5.32 Å². The molecule has 2 rings (SSSR count). The van der Waals surface area contributed by atoms with Crippen LogP contribution in [0, 0.1) is 0 Å². The summed E-state index contributed by atoms with van der Waals surface area (Å²) in [5, 5.41) is 4.03. The van der Waals surface area contributed by atoms with Crippen LogP contribution in [0.5, 0.6) is 0 Å². The zero-order chi connectivity index (χ0) is 13.7. The number of benzene rings is 1. The van der Waals surface area contributed by atoms with Crippen molar-refractivity contribution in [2.24, 2.45) is 0 Å². The first kappa shape index (κ1) is 13.7. The molecule has 19 heavy (non-hydrogen) atoms. The van der Waals surface area contributed by atoms with Gasteiger partial charge in [0.1, 0.15) is 0 Å². The van der Waals surface area contributed by atoms with Crippen LogP contribution in [-0.2, 0) is 13.1 Å². The number of aryl methyl sites for hydroxylation is 1. The molecule has 0 unspecified atom stereocenters. The fourth-order valence-electron chi connectivity index (χ4n) is 1.90. The summed E-state index contributed by atoms with van der Waals surface area (Å²) < 4.78 is 1.72. The van der Waals surface area contributed by atoms with E-state index in [2.05, 4.69) is 12.2 Å². The van der Waals surface area contributed by atoms with Gasteiger partial charge in [-0.15, -0.1) is 0 Å². The quantitative estimate of drug-likeness (QED) is 0.907. The molecule has 0 fully saturated rings. The number of nitrogens with one attached hydrogen (secondary N) is 1. The van der Waals surface area contributed by atoms with E-state index in [1.54, 1.807) is 16.7 Å². The lowest BCUT2D eigenvalue weighted by atomic mass is 10.2. The average molecular weight is 277 g/mol. The third-order valence-corrected chi connectivity index (χ3v) is 3.07. The first-order valence-corrected chi connectivity index (χ1v) is 6.75. The summed E-state index contributed by atoms with van der Waals surface area (Å²) in [5.74, 6) is 0. The minimum absolute atomic E-state index is 0.0372. The lowest BCUT2D eigenvalue weighted by Crippen LogP contribution is -2.18. The molecule has 0 bridgehead atoms. The summed E-state index contributed by atoms with van der Waals surface area (Å²) in [4.78, 5) is 11.6. The van der Waals surface area contributed by atoms with E-state index in [0.29, 0.717) is 6.54 Å². The van der Waals surface area contributed by atoms with Crippen molar-refractivity contribution >= 4 is 17.3 Å². The van der Waals surface area contributed by atoms with E-state index in [-0.39, 0.29) is 5.56 Å². The maximum absolute atomic E-state index is 11.6. The van der Waals surface area contributed by atoms with Crippen molar-refractivity contribution in [2.45, 2.75) is 26.4 Å². The van der Waals surface area contributed by atoms with Crippen molar-refractivity contribution in [3.63, 3.8) is 0 Å². The van der Waals surface area contributed by atoms with Gasteiger partial charge >= 0.3 is 0 Å². The predicted octanol–water partition coefficient (Wildman–Crippen LogP) is 3.52. The van der Waals surface area contributed by atoms with Gasteiger partial charge in [-0.25, -0.2) is 0 Å². The van der Waals surface area contributed by atoms with Gasteiger partial charge in [-0.05, 0) is 30.2 Å². The molecule has 0 radical (unpaired) electrons. The van der Waals surface area contributed by atoms with Gasteiger partial charge in [-0.2, -0.15) is 0 Å². The molecule has 0 aliphatic carbocycles. The topological polar surface area (TPSA) is 34.0 Å². The fourth-order valence-corrected chi connectivity index (χ4v) is 2.12. The minimum atomic E-state index is 0.0372. The molecule has 0 saturated carbocycles. The summed E-state index contributed by atoms with van der Waals surface area (Å²) in [6.45, 7) is 3.48. The van der Waals surface area contributed by atoms with Gasteiger partial charge in [-0.1, -0.05) is 30.7 Å². The van der Waals surface area contributed by atoms with Crippen molar-refractivity contribution in [1.82, 2.24) is 4.57 Å². The van der Waals surface area contributed by atoms with Crippen LogP contribution in [0.1, 0.15) is 18.9 Å². The highest BCUT2D eigenvalue weighted by molar-refractivity contribution is 6.30. The van der Waals surface area contributed by atoms with E-state index in [9.17, 15) is 4.79 Å². The molecule has 3 nitrogen and oxygen atoms in total. The van der Waals surface area contributed by atoms with Crippen molar-refractivity contribution < 1.29 is 0 Å². The Morgan fingerprint density at radius 1 is 1.26 bits per heavy atom. The normalized spacial score (nSPS) is 10.4. The highest BCUT2D eigenvalue weighted by Gasteiger charge is 1.99. The zero-order valence-corrected chi connectivity index (χ0v) is 11.7. The fraction of sp³-hybridized carbons (Fsp3) is 0.267. The first-order chi connectivity index (χ1) is 9.19. The van der Waals surface area contributed by atoms with Crippen LogP contribution in [0.2, 0.25) is 5.02 Å². The number of rotatable bonds is 5. The maximum Gasteiger partial charge on any atom is 0.250 e. The Morgan fingerprint density at radius 2 is 2.11 bits per heavy atom. The summed E-state index contributed by atoms with van der Waals surface area (Å²) >= 11 is 5.94. The molecule has 1 aromatic heterocycles. The number of hydrogen-bond acceptors (Lipinski definition) is 2. The highest BCUT2D eigenvalue weighted by Crippen LogP contribution is 2.12. The van der Waals surface area contributed by atoms with Crippen molar-refractivity contribution in [3.05, 3.63) is 63.5 Å². The van der Waals surface area contributed by atoms with Gasteiger partial charge in [0.25, 0.3) is 5.56 Å². The maximum atomic E-state index is 11.6. The summed E-state index contributed by atoms with van der Waals surface area (Å²) in [5.41, 5.74) is 2.09. The Bertz CT molecular complexity index is 607. The zero-order valence-electron chi connectivity index (χ0n) is 10.9. The number of halogens is 1. The van der Waals surface area contributed by atoms with Crippen LogP contribution in [-0.4, -0.2) is 4.57 Å². The Morgan fingerprint density at radius 3 is 2.84 bits per heavy atom. The summed E-state index contributed by atoms with van der Waals surface area (Å²) in [6, 6.07) is 11.1. The molecule has 0 spiro atoms. The summed E-state index contributed by atoms with van der Waals surface area (Å²) in [6.07, 6.45) is 2.80. The smallest absolute Gasteiger partial charge is 0.250 e. The molecule has 1 aromatic carbocycles. The number of nitrogens with zero attached hydrogens (tertiary/aromatic N) is 1. The van der Waals surface area contributed by atoms with Gasteiger partial charge in [0, 0.05) is 30.4 Å².